The van der Waals surface area contributed by atoms with Gasteiger partial charge in [0.1, 0.15) is 0 Å². The van der Waals surface area contributed by atoms with Crippen LogP contribution in [0, 0.1) is 11.8 Å². The van der Waals surface area contributed by atoms with Gasteiger partial charge in [-0.2, -0.15) is 0 Å². The van der Waals surface area contributed by atoms with Crippen LogP contribution in [0.2, 0.25) is 0 Å². The molecular weight excluding hydrogens is 326 g/mol. The maximum Gasteiger partial charge on any atom is 0.238 e. The van der Waals surface area contributed by atoms with Crippen molar-refractivity contribution in [1.82, 2.24) is 10.3 Å². The molecule has 2 aromatic rings. The van der Waals surface area contributed by atoms with Gasteiger partial charge in [0.25, 0.3) is 0 Å². The number of carbonyl (C=O) groups is 2. The number of anilines is 1. The topological polar surface area (TPSA) is 62.3 Å². The molecule has 1 saturated carbocycles. The number of aromatic nitrogens is 1. The first kappa shape index (κ1) is 16.8. The highest BCUT2D eigenvalue weighted by molar-refractivity contribution is 6.14. The predicted octanol–water partition coefficient (Wildman–Crippen LogP) is 2.66. The first-order valence-corrected chi connectivity index (χ1v) is 9.12. The molecule has 2 unspecified atom stereocenters. The summed E-state index contributed by atoms with van der Waals surface area (Å²) in [7, 11) is 0. The van der Waals surface area contributed by atoms with Crippen molar-refractivity contribution in [1.29, 1.82) is 0 Å². The molecule has 2 aliphatic rings. The van der Waals surface area contributed by atoms with E-state index in [1.165, 1.54) is 0 Å². The summed E-state index contributed by atoms with van der Waals surface area (Å²) in [5, 5.41) is 2.97. The molecule has 1 aromatic heterocycles. The zero-order valence-electron chi connectivity index (χ0n) is 15.1. The quantitative estimate of drug-likeness (QED) is 0.903. The number of fused-ring (bicyclic) bond motifs is 2. The van der Waals surface area contributed by atoms with E-state index in [-0.39, 0.29) is 17.7 Å². The van der Waals surface area contributed by atoms with Crippen molar-refractivity contribution >= 4 is 17.5 Å². The number of benzene rings is 1. The Kier molecular flexibility index (Phi) is 4.02. The Morgan fingerprint density at radius 2 is 2.12 bits per heavy atom. The van der Waals surface area contributed by atoms with Crippen molar-refractivity contribution < 1.29 is 9.59 Å². The lowest BCUT2D eigenvalue weighted by atomic mass is 9.94. The molecule has 4 rings (SSSR count). The minimum atomic E-state index is -0.662. The van der Waals surface area contributed by atoms with Gasteiger partial charge in [-0.25, -0.2) is 0 Å². The van der Waals surface area contributed by atoms with Gasteiger partial charge in [0, 0.05) is 31.2 Å². The molecule has 0 bridgehead atoms. The van der Waals surface area contributed by atoms with Crippen LogP contribution in [-0.2, 0) is 21.5 Å². The molecule has 1 aliphatic heterocycles. The summed E-state index contributed by atoms with van der Waals surface area (Å²) in [5.74, 6) is 0.112. The van der Waals surface area contributed by atoms with E-state index in [4.69, 9.17) is 0 Å². The second-order valence-corrected chi connectivity index (χ2v) is 7.63. The van der Waals surface area contributed by atoms with E-state index in [0.717, 1.165) is 16.8 Å². The third kappa shape index (κ3) is 2.59. The highest BCUT2D eigenvalue weighted by Crippen LogP contribution is 2.61. The van der Waals surface area contributed by atoms with E-state index in [1.807, 2.05) is 41.3 Å². The Hall–Kier alpha value is -2.69. The van der Waals surface area contributed by atoms with Crippen LogP contribution in [0.4, 0.5) is 5.69 Å². The standard InChI is InChI=1S/C21H23N3O2/c1-14(2)13-24-18-8-4-3-7-16(18)21(20(24)26)10-17(21)19(25)23-12-15-6-5-9-22-11-15/h3-9,11,14,17H,10,12-13H2,1-2H3,(H,23,25). The normalized spacial score (nSPS) is 23.4. The molecule has 1 fully saturated rings. The minimum Gasteiger partial charge on any atom is -0.352 e. The summed E-state index contributed by atoms with van der Waals surface area (Å²) in [6.45, 7) is 5.32. The van der Waals surface area contributed by atoms with E-state index < -0.39 is 5.41 Å². The highest BCUT2D eigenvalue weighted by Gasteiger charge is 2.69. The fraction of sp³-hybridized carbons (Fsp3) is 0.381. The van der Waals surface area contributed by atoms with E-state index in [1.54, 1.807) is 12.4 Å². The van der Waals surface area contributed by atoms with Crippen LogP contribution in [0.15, 0.2) is 48.8 Å². The summed E-state index contributed by atoms with van der Waals surface area (Å²) in [4.78, 5) is 31.9. The number of nitrogens with zero attached hydrogens (tertiary/aromatic N) is 2. The second-order valence-electron chi connectivity index (χ2n) is 7.63. The van der Waals surface area contributed by atoms with Gasteiger partial charge in [-0.1, -0.05) is 38.1 Å². The number of carbonyl (C=O) groups excluding carboxylic acids is 2. The van der Waals surface area contributed by atoms with Gasteiger partial charge in [-0.05, 0) is 35.6 Å². The number of hydrogen-bond donors (Lipinski definition) is 1. The number of pyridine rings is 1. The average Bonchev–Trinajstić information content (AvgIpc) is 3.36. The largest absolute Gasteiger partial charge is 0.352 e. The van der Waals surface area contributed by atoms with Gasteiger partial charge in [0.05, 0.1) is 11.3 Å². The molecule has 1 spiro atoms. The van der Waals surface area contributed by atoms with Crippen molar-refractivity contribution in [2.75, 3.05) is 11.4 Å². The van der Waals surface area contributed by atoms with Crippen molar-refractivity contribution in [3.63, 3.8) is 0 Å². The lowest BCUT2D eigenvalue weighted by Gasteiger charge is -2.20. The van der Waals surface area contributed by atoms with Gasteiger partial charge in [-0.3, -0.25) is 14.6 Å². The number of para-hydroxylation sites is 1. The summed E-state index contributed by atoms with van der Waals surface area (Å²) in [5.41, 5.74) is 2.26. The number of amides is 2. The zero-order valence-corrected chi connectivity index (χ0v) is 15.1. The Bertz CT molecular complexity index is 849. The van der Waals surface area contributed by atoms with Crippen molar-refractivity contribution in [3.05, 3.63) is 59.9 Å². The summed E-state index contributed by atoms with van der Waals surface area (Å²) in [6, 6.07) is 11.7. The van der Waals surface area contributed by atoms with Gasteiger partial charge < -0.3 is 10.2 Å². The SMILES string of the molecule is CC(C)CN1C(=O)C2(CC2C(=O)NCc2cccnc2)c2ccccc21. The zero-order chi connectivity index (χ0) is 18.3. The molecule has 0 saturated heterocycles. The summed E-state index contributed by atoms with van der Waals surface area (Å²) < 4.78 is 0. The number of rotatable bonds is 5. The van der Waals surface area contributed by atoms with Crippen LogP contribution in [-0.4, -0.2) is 23.3 Å². The second kappa shape index (κ2) is 6.24. The molecular formula is C21H23N3O2. The van der Waals surface area contributed by atoms with Gasteiger partial charge in [0.15, 0.2) is 0 Å². The first-order valence-electron chi connectivity index (χ1n) is 9.12. The van der Waals surface area contributed by atoms with Crippen LogP contribution in [0.1, 0.15) is 31.4 Å². The Morgan fingerprint density at radius 3 is 2.85 bits per heavy atom. The highest BCUT2D eigenvalue weighted by atomic mass is 16.2. The van der Waals surface area contributed by atoms with Crippen LogP contribution in [0.25, 0.3) is 0 Å². The fourth-order valence-electron chi connectivity index (χ4n) is 4.03. The van der Waals surface area contributed by atoms with Crippen molar-refractivity contribution in [3.8, 4) is 0 Å². The van der Waals surface area contributed by atoms with E-state index >= 15 is 0 Å². The molecule has 2 atom stereocenters. The molecule has 1 aromatic carbocycles. The van der Waals surface area contributed by atoms with E-state index in [2.05, 4.69) is 24.1 Å². The molecule has 134 valence electrons. The van der Waals surface area contributed by atoms with Crippen molar-refractivity contribution in [2.45, 2.75) is 32.2 Å². The number of nitrogens with one attached hydrogen (secondary N) is 1. The monoisotopic (exact) mass is 349 g/mol. The maximum absolute atomic E-state index is 13.2. The molecule has 5 heteroatoms. The van der Waals surface area contributed by atoms with Gasteiger partial charge in [0.2, 0.25) is 11.8 Å². The Labute approximate surface area is 153 Å². The maximum atomic E-state index is 13.2. The van der Waals surface area contributed by atoms with Crippen LogP contribution in [0.5, 0.6) is 0 Å². The lowest BCUT2D eigenvalue weighted by molar-refractivity contribution is -0.126. The fourth-order valence-corrected chi connectivity index (χ4v) is 4.03. The van der Waals surface area contributed by atoms with Crippen molar-refractivity contribution in [2.24, 2.45) is 11.8 Å². The van der Waals surface area contributed by atoms with Crippen LogP contribution < -0.4 is 10.2 Å². The Morgan fingerprint density at radius 1 is 1.31 bits per heavy atom. The predicted molar refractivity (Wildman–Crippen MR) is 99.5 cm³/mol. The molecule has 26 heavy (non-hydrogen) atoms. The molecule has 1 N–H and O–H groups in total. The molecule has 2 amide bonds. The third-order valence-corrected chi connectivity index (χ3v) is 5.32. The third-order valence-electron chi connectivity index (χ3n) is 5.32. The Balaban J connectivity index is 1.54. The van der Waals surface area contributed by atoms with E-state index in [0.29, 0.717) is 25.4 Å². The number of hydrogen-bond acceptors (Lipinski definition) is 3. The van der Waals surface area contributed by atoms with Gasteiger partial charge >= 0.3 is 0 Å². The summed E-state index contributed by atoms with van der Waals surface area (Å²) >= 11 is 0. The van der Waals surface area contributed by atoms with Crippen LogP contribution in [0.3, 0.4) is 0 Å². The minimum absolute atomic E-state index is 0.0524. The molecule has 2 heterocycles. The molecule has 0 radical (unpaired) electrons. The van der Waals surface area contributed by atoms with Crippen LogP contribution >= 0.6 is 0 Å². The van der Waals surface area contributed by atoms with E-state index in [9.17, 15) is 9.59 Å². The summed E-state index contributed by atoms with van der Waals surface area (Å²) in [6.07, 6.45) is 4.04. The lowest BCUT2D eigenvalue weighted by Crippen LogP contribution is -2.37. The molecule has 5 nitrogen and oxygen atoms in total. The first-order chi connectivity index (χ1) is 12.5. The smallest absolute Gasteiger partial charge is 0.238 e. The average molecular weight is 349 g/mol. The molecule has 1 aliphatic carbocycles. The van der Waals surface area contributed by atoms with Gasteiger partial charge in [-0.15, -0.1) is 0 Å².